The molecule has 6 rings (SSSR count). The third-order valence-electron chi connectivity index (χ3n) is 12.9. The number of fused-ring (bicyclic) bond motifs is 2. The van der Waals surface area contributed by atoms with Gasteiger partial charge in [0.1, 0.15) is 0 Å². The van der Waals surface area contributed by atoms with Crippen LogP contribution in [-0.4, -0.2) is 25.6 Å². The van der Waals surface area contributed by atoms with Crippen LogP contribution < -0.4 is 0 Å². The van der Waals surface area contributed by atoms with Crippen LogP contribution in [0.2, 0.25) is 39.3 Å². The third-order valence-corrected chi connectivity index (χ3v) is 40.0. The van der Waals surface area contributed by atoms with E-state index >= 15 is 0 Å². The SMILES string of the molecule is CC(C)CC1=Cc2c(-c3ccccc3C(C)(C)C)cccc2[CH]1[Zr]([Cl])([Cl])([BH]N([Si](C)(C)C)[Si](C)(C)C)[CH]1C(CC(C)C)=Cc2c(-c3ccccc3C(C)(C)C)cccc21. The van der Waals surface area contributed by atoms with E-state index in [2.05, 4.69) is 210 Å². The molecule has 0 fully saturated rings. The fraction of sp³-hybridized carbons (Fsp3) is 0.462. The van der Waals surface area contributed by atoms with E-state index in [0.29, 0.717) is 11.8 Å². The third kappa shape index (κ3) is 9.20. The van der Waals surface area contributed by atoms with Gasteiger partial charge in [-0.15, -0.1) is 0 Å². The second-order valence-corrected chi connectivity index (χ2v) is 55.2. The molecule has 0 amide bonds. The molecule has 2 unspecified atom stereocenters. The van der Waals surface area contributed by atoms with Crippen LogP contribution in [0.3, 0.4) is 0 Å². The van der Waals surface area contributed by atoms with Crippen molar-refractivity contribution in [3.8, 4) is 22.3 Å². The van der Waals surface area contributed by atoms with E-state index in [1.165, 1.54) is 66.8 Å². The van der Waals surface area contributed by atoms with E-state index in [-0.39, 0.29) is 18.1 Å². The predicted octanol–water partition coefficient (Wildman–Crippen LogP) is 16.5. The van der Waals surface area contributed by atoms with Gasteiger partial charge in [-0.1, -0.05) is 0 Å². The predicted molar refractivity (Wildman–Crippen MR) is 269 cm³/mol. The second-order valence-electron chi connectivity index (χ2n) is 23.0. The summed E-state index contributed by atoms with van der Waals surface area (Å²) >= 11 is -5.41. The quantitative estimate of drug-likeness (QED) is 0.128. The first kappa shape index (κ1) is 46.8. The molecule has 0 saturated carbocycles. The molecule has 2 atom stereocenters. The van der Waals surface area contributed by atoms with Crippen LogP contribution in [0, 0.1) is 11.8 Å². The molecule has 0 spiro atoms. The van der Waals surface area contributed by atoms with Gasteiger partial charge >= 0.3 is 374 Å². The van der Waals surface area contributed by atoms with Gasteiger partial charge in [0.05, 0.1) is 0 Å². The standard InChI is InChI=1S/2C23H27.C6H19BNSi2.2ClH.Zr/c2*1-16(2)13-17-14-18-9-8-11-19(21(18)15-17)20-10-6-7-12-22(20)23(3,4)5;1-9(2,3)8(7)10(4,5)6;;;/h2*6-12,14-16H,13H2,1-5H3;7H,1-6H3;2*1H;/q;;+1;;;+1/p-2. The number of halogens is 2. The van der Waals surface area contributed by atoms with Crippen molar-refractivity contribution in [2.45, 2.75) is 139 Å². The minimum atomic E-state index is -5.41. The Morgan fingerprint density at radius 3 is 1.20 bits per heavy atom. The monoisotopic (exact) mass is 938 g/mol. The molecule has 0 bridgehead atoms. The van der Waals surface area contributed by atoms with E-state index in [4.69, 9.17) is 0 Å². The molecule has 0 aliphatic heterocycles. The fourth-order valence-electron chi connectivity index (χ4n) is 11.0. The van der Waals surface area contributed by atoms with E-state index in [0.717, 1.165) is 17.8 Å². The number of nitrogens with zero attached hydrogens (tertiary/aromatic N) is 1. The van der Waals surface area contributed by atoms with E-state index < -0.39 is 32.6 Å². The average molecular weight is 941 g/mol. The van der Waals surface area contributed by atoms with Crippen molar-refractivity contribution in [3.63, 3.8) is 0 Å². The Morgan fingerprint density at radius 1 is 0.542 bits per heavy atom. The van der Waals surface area contributed by atoms with Crippen LogP contribution in [0.25, 0.3) is 34.4 Å². The Hall–Kier alpha value is -1.72. The van der Waals surface area contributed by atoms with Crippen LogP contribution in [-0.2, 0) is 27.0 Å². The summed E-state index contributed by atoms with van der Waals surface area (Å²) in [7, 11) is 14.8. The maximum atomic E-state index is 9.33. The molecule has 0 radical (unpaired) electrons. The fourth-order valence-corrected chi connectivity index (χ4v) is 53.1. The van der Waals surface area contributed by atoms with Crippen molar-refractivity contribution >= 4 is 50.6 Å². The number of benzene rings is 4. The summed E-state index contributed by atoms with van der Waals surface area (Å²) in [5.74, 6) is 0.922. The van der Waals surface area contributed by atoms with Crippen LogP contribution in [0.15, 0.2) is 96.1 Å². The van der Waals surface area contributed by atoms with Gasteiger partial charge < -0.3 is 0 Å². The van der Waals surface area contributed by atoms with Crippen LogP contribution in [0.1, 0.15) is 123 Å². The zero-order chi connectivity index (χ0) is 43.7. The maximum absolute atomic E-state index is 9.33. The van der Waals surface area contributed by atoms with Crippen molar-refractivity contribution in [1.82, 2.24) is 4.14 Å². The van der Waals surface area contributed by atoms with Gasteiger partial charge in [-0.3, -0.25) is 0 Å². The molecule has 7 heteroatoms. The first-order valence-electron chi connectivity index (χ1n) is 22.4. The first-order chi connectivity index (χ1) is 27.1. The first-order valence-corrected chi connectivity index (χ1v) is 40.2. The number of hydrogen-bond acceptors (Lipinski definition) is 1. The van der Waals surface area contributed by atoms with E-state index in [1.807, 2.05) is 0 Å². The number of allylic oxidation sites excluding steroid dienone is 2. The molecule has 2 aliphatic carbocycles. The molecule has 0 saturated heterocycles. The van der Waals surface area contributed by atoms with Gasteiger partial charge in [-0.05, 0) is 0 Å². The van der Waals surface area contributed by atoms with Crippen LogP contribution in [0.4, 0.5) is 0 Å². The Labute approximate surface area is 370 Å². The summed E-state index contributed by atoms with van der Waals surface area (Å²) in [6.07, 6.45) is 7.09. The Balaban J connectivity index is 1.73. The molecule has 0 heterocycles. The molecule has 4 aromatic carbocycles. The summed E-state index contributed by atoms with van der Waals surface area (Å²) in [6.45, 7) is 38.6. The molecule has 2 aliphatic rings. The molecular weight excluding hydrogens is 868 g/mol. The van der Waals surface area contributed by atoms with Gasteiger partial charge in [0.15, 0.2) is 0 Å². The van der Waals surface area contributed by atoms with Gasteiger partial charge in [0, 0.05) is 0 Å². The van der Waals surface area contributed by atoms with Crippen LogP contribution >= 0.6 is 17.0 Å². The average Bonchev–Trinajstić information content (AvgIpc) is 3.67. The Kier molecular flexibility index (Phi) is 13.0. The van der Waals surface area contributed by atoms with E-state index in [9.17, 15) is 17.0 Å². The molecule has 315 valence electrons. The van der Waals surface area contributed by atoms with Gasteiger partial charge in [-0.25, -0.2) is 0 Å². The van der Waals surface area contributed by atoms with Crippen molar-refractivity contribution in [1.29, 1.82) is 0 Å². The number of hydrogen-bond donors (Lipinski definition) is 0. The topological polar surface area (TPSA) is 3.24 Å². The minimum absolute atomic E-state index is 0.00640. The molecule has 1 nitrogen and oxygen atoms in total. The Morgan fingerprint density at radius 2 is 0.881 bits per heavy atom. The van der Waals surface area contributed by atoms with Crippen molar-refractivity contribution < 1.29 is 16.2 Å². The molecule has 4 aromatic rings. The zero-order valence-electron chi connectivity index (χ0n) is 39.4. The van der Waals surface area contributed by atoms with Crippen molar-refractivity contribution in [3.05, 3.63) is 129 Å². The molecule has 0 N–H and O–H groups in total. The number of rotatable bonds is 12. The van der Waals surface area contributed by atoms with Crippen LogP contribution in [0.5, 0.6) is 0 Å². The normalized spacial score (nSPS) is 18.2. The molecule has 59 heavy (non-hydrogen) atoms. The molecular formula is C52H73BCl2NSi2Zr. The van der Waals surface area contributed by atoms with Crippen molar-refractivity contribution in [2.75, 3.05) is 0 Å². The zero-order valence-corrected chi connectivity index (χ0v) is 45.3. The summed E-state index contributed by atoms with van der Waals surface area (Å²) in [5, 5.41) is 0. The van der Waals surface area contributed by atoms with Gasteiger partial charge in [0.25, 0.3) is 0 Å². The summed E-state index contributed by atoms with van der Waals surface area (Å²) in [5.41, 5.74) is 16.2. The summed E-state index contributed by atoms with van der Waals surface area (Å²) in [6, 6.07) is 32.2. The molecule has 0 aromatic heterocycles. The van der Waals surface area contributed by atoms with Gasteiger partial charge in [-0.2, -0.15) is 0 Å². The summed E-state index contributed by atoms with van der Waals surface area (Å²) in [4.78, 5) is 0.806. The Bertz CT molecular complexity index is 2120. The summed E-state index contributed by atoms with van der Waals surface area (Å²) < 4.78 is 2.91. The van der Waals surface area contributed by atoms with Crippen molar-refractivity contribution in [2.24, 2.45) is 11.8 Å². The second kappa shape index (κ2) is 16.4. The van der Waals surface area contributed by atoms with Gasteiger partial charge in [0.2, 0.25) is 0 Å². The van der Waals surface area contributed by atoms with E-state index in [1.54, 1.807) is 0 Å².